The Morgan fingerprint density at radius 3 is 2.76 bits per heavy atom. The van der Waals surface area contributed by atoms with Crippen LogP contribution in [0.15, 0.2) is 48.3 Å². The third-order valence-corrected chi connectivity index (χ3v) is 3.01. The molecule has 0 saturated heterocycles. The molecule has 1 heterocycles. The number of rotatable bonds is 1. The van der Waals surface area contributed by atoms with E-state index in [0.29, 0.717) is 0 Å². The summed E-state index contributed by atoms with van der Waals surface area (Å²) >= 11 is 0. The molecule has 0 amide bonds. The highest BCUT2D eigenvalue weighted by Crippen LogP contribution is 2.04. The van der Waals surface area contributed by atoms with Crippen LogP contribution in [0.4, 0.5) is 0 Å². The van der Waals surface area contributed by atoms with Gasteiger partial charge in [-0.2, -0.15) is 0 Å². The van der Waals surface area contributed by atoms with Crippen LogP contribution in [0.25, 0.3) is 17.8 Å². The number of para-hydroxylation sites is 1. The van der Waals surface area contributed by atoms with Gasteiger partial charge in [0.05, 0.1) is 10.7 Å². The van der Waals surface area contributed by atoms with Gasteiger partial charge in [0.15, 0.2) is 0 Å². The van der Waals surface area contributed by atoms with Gasteiger partial charge in [0.25, 0.3) is 0 Å². The van der Waals surface area contributed by atoms with Gasteiger partial charge in [-0.3, -0.25) is 4.57 Å². The molecule has 0 fully saturated rings. The maximum atomic E-state index is 4.47. The van der Waals surface area contributed by atoms with Crippen molar-refractivity contribution in [2.75, 3.05) is 0 Å². The van der Waals surface area contributed by atoms with Gasteiger partial charge in [-0.05, 0) is 31.6 Å². The average Bonchev–Trinajstić information content (AvgIpc) is 2.69. The fraction of sp³-hybridized carbons (Fsp3) is 0.133. The van der Waals surface area contributed by atoms with E-state index in [1.807, 2.05) is 24.5 Å². The topological polar surface area (TPSA) is 17.8 Å². The molecule has 0 bridgehead atoms. The van der Waals surface area contributed by atoms with Crippen molar-refractivity contribution in [3.8, 4) is 5.69 Å². The van der Waals surface area contributed by atoms with Crippen LogP contribution in [0.5, 0.6) is 0 Å². The van der Waals surface area contributed by atoms with E-state index in [-0.39, 0.29) is 0 Å². The zero-order valence-corrected chi connectivity index (χ0v) is 9.80. The Morgan fingerprint density at radius 1 is 1.12 bits per heavy atom. The molecule has 1 aromatic carbocycles. The van der Waals surface area contributed by atoms with Gasteiger partial charge in [-0.15, -0.1) is 0 Å². The lowest BCUT2D eigenvalue weighted by atomic mass is 10.2. The van der Waals surface area contributed by atoms with Gasteiger partial charge in [0, 0.05) is 5.69 Å². The monoisotopic (exact) mass is 222 g/mol. The van der Waals surface area contributed by atoms with Gasteiger partial charge >= 0.3 is 0 Å². The normalized spacial score (nSPS) is 14.1. The van der Waals surface area contributed by atoms with Crippen molar-refractivity contribution in [3.05, 3.63) is 59.0 Å². The molecule has 0 unspecified atom stereocenters. The minimum Gasteiger partial charge on any atom is -0.299 e. The Bertz CT molecular complexity index is 675. The van der Waals surface area contributed by atoms with Crippen molar-refractivity contribution in [1.29, 1.82) is 0 Å². The smallest absolute Gasteiger partial charge is 0.100 e. The maximum absolute atomic E-state index is 4.47. The van der Waals surface area contributed by atoms with Crippen molar-refractivity contribution in [2.24, 2.45) is 0 Å². The molecule has 0 aliphatic heterocycles. The molecular weight excluding hydrogens is 208 g/mol. The molecule has 2 aromatic rings. The lowest BCUT2D eigenvalue weighted by molar-refractivity contribution is 1.02. The Kier molecular flexibility index (Phi) is 2.41. The first-order chi connectivity index (χ1) is 8.34. The molecule has 0 saturated carbocycles. The largest absolute Gasteiger partial charge is 0.299 e. The number of imidazole rings is 1. The zero-order valence-electron chi connectivity index (χ0n) is 9.80. The molecule has 84 valence electrons. The summed E-state index contributed by atoms with van der Waals surface area (Å²) in [6.45, 7) is 2.14. The Morgan fingerprint density at radius 2 is 1.94 bits per heavy atom. The molecule has 1 aliphatic rings. The third-order valence-electron chi connectivity index (χ3n) is 3.01. The first kappa shape index (κ1) is 10.1. The highest BCUT2D eigenvalue weighted by Gasteiger charge is 2.01. The minimum atomic E-state index is 0.981. The second kappa shape index (κ2) is 4.06. The first-order valence-electron chi connectivity index (χ1n) is 5.81. The van der Waals surface area contributed by atoms with Crippen molar-refractivity contribution in [2.45, 2.75) is 13.3 Å². The van der Waals surface area contributed by atoms with Crippen LogP contribution in [0.1, 0.15) is 13.3 Å². The first-order valence-corrected chi connectivity index (χ1v) is 5.81. The summed E-state index contributed by atoms with van der Waals surface area (Å²) in [4.78, 5) is 4.47. The summed E-state index contributed by atoms with van der Waals surface area (Å²) in [5.74, 6) is 0. The van der Waals surface area contributed by atoms with Crippen molar-refractivity contribution < 1.29 is 0 Å². The molecule has 1 aliphatic carbocycles. The van der Waals surface area contributed by atoms with Crippen LogP contribution >= 0.6 is 0 Å². The van der Waals surface area contributed by atoms with Crippen molar-refractivity contribution in [1.82, 2.24) is 9.55 Å². The van der Waals surface area contributed by atoms with Crippen LogP contribution in [-0.4, -0.2) is 9.55 Å². The number of allylic oxidation sites excluding steroid dienone is 2. The number of aromatic nitrogens is 2. The molecular formula is C15H14N2. The van der Waals surface area contributed by atoms with Crippen LogP contribution in [0.3, 0.4) is 0 Å². The molecule has 2 nitrogen and oxygen atoms in total. The van der Waals surface area contributed by atoms with Gasteiger partial charge in [0.2, 0.25) is 0 Å². The molecule has 3 rings (SSSR count). The Hall–Kier alpha value is -2.09. The Labute approximate surface area is 100 Å². The van der Waals surface area contributed by atoms with E-state index >= 15 is 0 Å². The van der Waals surface area contributed by atoms with Crippen LogP contribution in [0, 0.1) is 0 Å². The average molecular weight is 222 g/mol. The lowest BCUT2D eigenvalue weighted by Crippen LogP contribution is -2.28. The predicted octanol–water partition coefficient (Wildman–Crippen LogP) is 1.78. The van der Waals surface area contributed by atoms with E-state index in [2.05, 4.69) is 46.8 Å². The summed E-state index contributed by atoms with van der Waals surface area (Å²) in [6.07, 6.45) is 9.37. The summed E-state index contributed by atoms with van der Waals surface area (Å²) in [5.41, 5.74) is 2.52. The van der Waals surface area contributed by atoms with Gasteiger partial charge in [0.1, 0.15) is 6.33 Å². The standard InChI is InChI=1S/C15H14N2/c1-12-7-9-14-15(10-8-12)17(11-16-14)13-5-3-2-4-6-13/h2-6,8-11H,7H2,1H3. The molecule has 0 N–H and O–H groups in total. The SMILES string of the molecule is CC1=CC=c2c(ncn2-c2ccccc2)=CC1. The number of nitrogens with zero attached hydrogens (tertiary/aromatic N) is 2. The third kappa shape index (κ3) is 1.82. The Balaban J connectivity index is 2.26. The fourth-order valence-corrected chi connectivity index (χ4v) is 2.04. The fourth-order valence-electron chi connectivity index (χ4n) is 2.04. The quantitative estimate of drug-likeness (QED) is 0.719. The van der Waals surface area contributed by atoms with Crippen molar-refractivity contribution in [3.63, 3.8) is 0 Å². The van der Waals surface area contributed by atoms with Crippen molar-refractivity contribution >= 4 is 12.2 Å². The molecule has 0 spiro atoms. The number of hydrogen-bond acceptors (Lipinski definition) is 1. The molecule has 0 atom stereocenters. The number of fused-ring (bicyclic) bond motifs is 1. The molecule has 2 heteroatoms. The summed E-state index contributed by atoms with van der Waals surface area (Å²) in [6, 6.07) is 10.3. The number of hydrogen-bond donors (Lipinski definition) is 0. The van der Waals surface area contributed by atoms with Gasteiger partial charge in [-0.1, -0.05) is 35.9 Å². The summed E-state index contributed by atoms with van der Waals surface area (Å²) < 4.78 is 2.13. The predicted molar refractivity (Wildman–Crippen MR) is 70.1 cm³/mol. The summed E-state index contributed by atoms with van der Waals surface area (Å²) in [5, 5.41) is 2.23. The maximum Gasteiger partial charge on any atom is 0.100 e. The summed E-state index contributed by atoms with van der Waals surface area (Å²) in [7, 11) is 0. The second-order valence-electron chi connectivity index (χ2n) is 4.31. The molecule has 0 radical (unpaired) electrons. The molecule has 1 aromatic heterocycles. The zero-order chi connectivity index (χ0) is 11.7. The molecule has 17 heavy (non-hydrogen) atoms. The highest BCUT2D eigenvalue weighted by molar-refractivity contribution is 5.46. The van der Waals surface area contributed by atoms with E-state index in [4.69, 9.17) is 0 Å². The van der Waals surface area contributed by atoms with Gasteiger partial charge in [-0.25, -0.2) is 4.98 Å². The van der Waals surface area contributed by atoms with E-state index in [1.54, 1.807) is 0 Å². The lowest BCUT2D eigenvalue weighted by Gasteiger charge is -2.01. The van der Waals surface area contributed by atoms with E-state index in [0.717, 1.165) is 22.8 Å². The highest BCUT2D eigenvalue weighted by atomic mass is 15.0. The van der Waals surface area contributed by atoms with Crippen LogP contribution in [0.2, 0.25) is 0 Å². The van der Waals surface area contributed by atoms with Gasteiger partial charge < -0.3 is 0 Å². The second-order valence-corrected chi connectivity index (χ2v) is 4.31. The minimum absolute atomic E-state index is 0.981. The van der Waals surface area contributed by atoms with Crippen LogP contribution < -0.4 is 10.7 Å². The van der Waals surface area contributed by atoms with E-state index < -0.39 is 0 Å². The van der Waals surface area contributed by atoms with E-state index in [1.165, 1.54) is 5.57 Å². The number of benzene rings is 1. The van der Waals surface area contributed by atoms with E-state index in [9.17, 15) is 0 Å². The van der Waals surface area contributed by atoms with Crippen LogP contribution in [-0.2, 0) is 0 Å².